The Labute approximate surface area is 166 Å². The standard InChI is InChI=1S/C17H29N3O2S.HI/c1-5-18-16(19-11-7-10-15(21)22-6-2)20-13-17(3,4)14-9-8-12-23-14;/h8-9,12H,5-7,10-11,13H2,1-4H3,(H2,18,19,20);1H. The quantitative estimate of drug-likeness (QED) is 0.192. The molecule has 5 nitrogen and oxygen atoms in total. The summed E-state index contributed by atoms with van der Waals surface area (Å²) < 4.78 is 4.92. The molecular formula is C17H30IN3O2S. The van der Waals surface area contributed by atoms with Crippen LogP contribution in [0.4, 0.5) is 0 Å². The van der Waals surface area contributed by atoms with E-state index in [0.29, 0.717) is 26.1 Å². The summed E-state index contributed by atoms with van der Waals surface area (Å²) in [6, 6.07) is 4.23. The van der Waals surface area contributed by atoms with Gasteiger partial charge in [-0.15, -0.1) is 35.3 Å². The van der Waals surface area contributed by atoms with Crippen LogP contribution >= 0.6 is 35.3 Å². The summed E-state index contributed by atoms with van der Waals surface area (Å²) >= 11 is 1.76. The van der Waals surface area contributed by atoms with Crippen LogP contribution in [0.5, 0.6) is 0 Å². The fourth-order valence-electron chi connectivity index (χ4n) is 2.03. The molecule has 0 amide bonds. The van der Waals surface area contributed by atoms with E-state index in [1.165, 1.54) is 4.88 Å². The molecule has 0 bridgehead atoms. The van der Waals surface area contributed by atoms with Crippen LogP contribution in [0.2, 0.25) is 0 Å². The van der Waals surface area contributed by atoms with E-state index < -0.39 is 0 Å². The number of guanidine groups is 1. The van der Waals surface area contributed by atoms with Gasteiger partial charge in [-0.25, -0.2) is 0 Å². The highest BCUT2D eigenvalue weighted by Gasteiger charge is 2.21. The number of carbonyl (C=O) groups excluding carboxylic acids is 1. The third kappa shape index (κ3) is 8.86. The van der Waals surface area contributed by atoms with Crippen LogP contribution in [0.3, 0.4) is 0 Å². The summed E-state index contributed by atoms with van der Waals surface area (Å²) in [5.74, 6) is 0.649. The number of carbonyl (C=O) groups is 1. The molecule has 0 aliphatic heterocycles. The summed E-state index contributed by atoms with van der Waals surface area (Å²) in [6.07, 6.45) is 1.17. The van der Waals surface area contributed by atoms with Gasteiger partial charge in [0, 0.05) is 29.8 Å². The van der Waals surface area contributed by atoms with Crippen molar-refractivity contribution in [1.29, 1.82) is 0 Å². The van der Waals surface area contributed by atoms with E-state index in [4.69, 9.17) is 4.74 Å². The van der Waals surface area contributed by atoms with E-state index in [1.54, 1.807) is 11.3 Å². The summed E-state index contributed by atoms with van der Waals surface area (Å²) in [7, 11) is 0. The monoisotopic (exact) mass is 467 g/mol. The van der Waals surface area contributed by atoms with Gasteiger partial charge in [0.15, 0.2) is 5.96 Å². The molecule has 0 saturated heterocycles. The third-order valence-electron chi connectivity index (χ3n) is 3.32. The maximum Gasteiger partial charge on any atom is 0.305 e. The Morgan fingerprint density at radius 2 is 2.08 bits per heavy atom. The number of thiophene rings is 1. The van der Waals surface area contributed by atoms with Crippen molar-refractivity contribution in [2.45, 2.75) is 46.0 Å². The lowest BCUT2D eigenvalue weighted by atomic mass is 9.92. The zero-order valence-corrected chi connectivity index (χ0v) is 18.2. The number of aliphatic imine (C=N–C) groups is 1. The number of halogens is 1. The third-order valence-corrected chi connectivity index (χ3v) is 4.56. The second-order valence-corrected chi connectivity index (χ2v) is 6.84. The average molecular weight is 467 g/mol. The van der Waals surface area contributed by atoms with Crippen LogP contribution < -0.4 is 10.6 Å². The molecule has 2 N–H and O–H groups in total. The smallest absolute Gasteiger partial charge is 0.305 e. The summed E-state index contributed by atoms with van der Waals surface area (Å²) in [5, 5.41) is 8.61. The zero-order chi connectivity index (χ0) is 17.1. The van der Waals surface area contributed by atoms with Gasteiger partial charge in [0.1, 0.15) is 0 Å². The predicted molar refractivity (Wildman–Crippen MR) is 113 cm³/mol. The van der Waals surface area contributed by atoms with Gasteiger partial charge in [0.05, 0.1) is 13.2 Å². The van der Waals surface area contributed by atoms with E-state index in [1.807, 2.05) is 13.8 Å². The zero-order valence-electron chi connectivity index (χ0n) is 15.1. The van der Waals surface area contributed by atoms with Crippen molar-refractivity contribution < 1.29 is 9.53 Å². The molecular weight excluding hydrogens is 437 g/mol. The van der Waals surface area contributed by atoms with Crippen LogP contribution in [0.25, 0.3) is 0 Å². The predicted octanol–water partition coefficient (Wildman–Crippen LogP) is 3.54. The second kappa shape index (κ2) is 12.5. The molecule has 0 radical (unpaired) electrons. The summed E-state index contributed by atoms with van der Waals surface area (Å²) in [5.41, 5.74) is 0.0153. The number of rotatable bonds is 9. The Balaban J connectivity index is 0.00000529. The topological polar surface area (TPSA) is 62.7 Å². The first kappa shape index (κ1) is 23.2. The largest absolute Gasteiger partial charge is 0.466 e. The highest BCUT2D eigenvalue weighted by atomic mass is 127. The molecule has 1 aromatic rings. The molecule has 0 aliphatic rings. The van der Waals surface area contributed by atoms with Gasteiger partial charge in [-0.2, -0.15) is 0 Å². The molecule has 0 aliphatic carbocycles. The maximum atomic E-state index is 11.3. The van der Waals surface area contributed by atoms with Crippen molar-refractivity contribution in [3.05, 3.63) is 22.4 Å². The van der Waals surface area contributed by atoms with E-state index in [0.717, 1.165) is 18.9 Å². The van der Waals surface area contributed by atoms with E-state index in [-0.39, 0.29) is 35.4 Å². The Morgan fingerprint density at radius 3 is 2.67 bits per heavy atom. The summed E-state index contributed by atoms with van der Waals surface area (Å²) in [4.78, 5) is 17.3. The molecule has 7 heteroatoms. The van der Waals surface area contributed by atoms with Crippen molar-refractivity contribution >= 4 is 47.2 Å². The van der Waals surface area contributed by atoms with Crippen molar-refractivity contribution in [2.24, 2.45) is 4.99 Å². The molecule has 138 valence electrons. The van der Waals surface area contributed by atoms with Crippen molar-refractivity contribution in [1.82, 2.24) is 10.6 Å². The molecule has 24 heavy (non-hydrogen) atoms. The first-order valence-corrected chi connectivity index (χ1v) is 9.09. The first-order valence-electron chi connectivity index (χ1n) is 8.21. The normalized spacial score (nSPS) is 11.6. The number of nitrogens with zero attached hydrogens (tertiary/aromatic N) is 1. The molecule has 1 rings (SSSR count). The lowest BCUT2D eigenvalue weighted by Gasteiger charge is -2.21. The van der Waals surface area contributed by atoms with Crippen LogP contribution in [-0.2, 0) is 14.9 Å². The van der Waals surface area contributed by atoms with Gasteiger partial charge < -0.3 is 15.4 Å². The average Bonchev–Trinajstić information content (AvgIpc) is 3.04. The molecule has 0 unspecified atom stereocenters. The number of esters is 1. The Bertz CT molecular complexity index is 490. The van der Waals surface area contributed by atoms with E-state index in [9.17, 15) is 4.79 Å². The molecule has 0 fully saturated rings. The Morgan fingerprint density at radius 1 is 1.33 bits per heavy atom. The maximum absolute atomic E-state index is 11.3. The fourth-order valence-corrected chi connectivity index (χ4v) is 2.88. The van der Waals surface area contributed by atoms with E-state index >= 15 is 0 Å². The molecule has 0 atom stereocenters. The number of hydrogen-bond donors (Lipinski definition) is 2. The second-order valence-electron chi connectivity index (χ2n) is 5.89. The van der Waals surface area contributed by atoms with Crippen molar-refractivity contribution in [3.8, 4) is 0 Å². The lowest BCUT2D eigenvalue weighted by molar-refractivity contribution is -0.143. The van der Waals surface area contributed by atoms with Gasteiger partial charge in [0.2, 0.25) is 0 Å². The SMILES string of the molecule is CCNC(=NCC(C)(C)c1cccs1)NCCCC(=O)OCC.I. The van der Waals surface area contributed by atoms with Gasteiger partial charge in [-0.3, -0.25) is 9.79 Å². The molecule has 0 aromatic carbocycles. The molecule has 0 saturated carbocycles. The Hall–Kier alpha value is -0.830. The number of nitrogens with one attached hydrogen (secondary N) is 2. The van der Waals surface area contributed by atoms with Gasteiger partial charge in [0.25, 0.3) is 0 Å². The Kier molecular flexibility index (Phi) is 12.1. The summed E-state index contributed by atoms with van der Waals surface area (Å²) in [6.45, 7) is 10.9. The van der Waals surface area contributed by atoms with E-state index in [2.05, 4.69) is 47.0 Å². The van der Waals surface area contributed by atoms with Crippen LogP contribution in [0.1, 0.15) is 45.4 Å². The van der Waals surface area contributed by atoms with Gasteiger partial charge in [-0.1, -0.05) is 19.9 Å². The first-order chi connectivity index (χ1) is 11.0. The van der Waals surface area contributed by atoms with Gasteiger partial charge >= 0.3 is 5.97 Å². The highest BCUT2D eigenvalue weighted by molar-refractivity contribution is 14.0. The minimum Gasteiger partial charge on any atom is -0.466 e. The number of hydrogen-bond acceptors (Lipinski definition) is 4. The van der Waals surface area contributed by atoms with Crippen LogP contribution in [0, 0.1) is 0 Å². The highest BCUT2D eigenvalue weighted by Crippen LogP contribution is 2.27. The van der Waals surface area contributed by atoms with Crippen LogP contribution in [0.15, 0.2) is 22.5 Å². The number of ether oxygens (including phenoxy) is 1. The fraction of sp³-hybridized carbons (Fsp3) is 0.647. The van der Waals surface area contributed by atoms with Crippen molar-refractivity contribution in [2.75, 3.05) is 26.2 Å². The molecule has 1 heterocycles. The lowest BCUT2D eigenvalue weighted by Crippen LogP contribution is -2.39. The van der Waals surface area contributed by atoms with Gasteiger partial charge in [-0.05, 0) is 31.7 Å². The van der Waals surface area contributed by atoms with Crippen LogP contribution in [-0.4, -0.2) is 38.2 Å². The minimum atomic E-state index is -0.143. The molecule has 1 aromatic heterocycles. The van der Waals surface area contributed by atoms with Crippen molar-refractivity contribution in [3.63, 3.8) is 0 Å². The minimum absolute atomic E-state index is 0. The molecule has 0 spiro atoms.